The van der Waals surface area contributed by atoms with Crippen LogP contribution in [-0.4, -0.2) is 41.1 Å². The van der Waals surface area contributed by atoms with Crippen molar-refractivity contribution >= 4 is 11.8 Å². The Kier molecular flexibility index (Phi) is 6.92. The van der Waals surface area contributed by atoms with Crippen molar-refractivity contribution in [2.24, 2.45) is 0 Å². The van der Waals surface area contributed by atoms with Crippen LogP contribution >= 0.6 is 0 Å². The minimum absolute atomic E-state index is 0.234. The lowest BCUT2D eigenvalue weighted by Gasteiger charge is -2.14. The maximum atomic E-state index is 12.2. The fourth-order valence-electron chi connectivity index (χ4n) is 1.57. The summed E-state index contributed by atoms with van der Waals surface area (Å²) in [6, 6.07) is 0.879. The van der Waals surface area contributed by atoms with Crippen molar-refractivity contribution in [2.45, 2.75) is 26.3 Å². The molecule has 0 bridgehead atoms. The van der Waals surface area contributed by atoms with Gasteiger partial charge in [-0.05, 0) is 19.4 Å². The first-order chi connectivity index (χ1) is 10.1. The zero-order valence-electron chi connectivity index (χ0n) is 12.1. The Morgan fingerprint density at radius 1 is 1.48 bits per heavy atom. The third-order valence-electron chi connectivity index (χ3n) is 2.66. The summed E-state index contributed by atoms with van der Waals surface area (Å²) in [5.41, 5.74) is 0.728. The molecule has 0 radical (unpaired) electrons. The Hall–Kier alpha value is -2.39. The summed E-state index contributed by atoms with van der Waals surface area (Å²) in [6.07, 6.45) is 3.75. The summed E-state index contributed by atoms with van der Waals surface area (Å²) in [4.78, 5) is 27.8. The molecule has 6 heteroatoms. The molecule has 6 nitrogen and oxygen atoms in total. The fourth-order valence-corrected chi connectivity index (χ4v) is 1.57. The SMILES string of the molecule is CCCNC(=O)C(C)NC(=O)c1ccncc1C#CCO. The largest absolute Gasteiger partial charge is 0.384 e. The van der Waals surface area contributed by atoms with Gasteiger partial charge in [0.05, 0.1) is 11.1 Å². The van der Waals surface area contributed by atoms with Gasteiger partial charge in [-0.25, -0.2) is 0 Å². The van der Waals surface area contributed by atoms with E-state index in [2.05, 4.69) is 27.5 Å². The molecule has 0 aliphatic rings. The quantitative estimate of drug-likeness (QED) is 0.669. The highest BCUT2D eigenvalue weighted by atomic mass is 16.2. The van der Waals surface area contributed by atoms with Crippen molar-refractivity contribution in [3.8, 4) is 11.8 Å². The number of aliphatic hydroxyl groups is 1. The predicted octanol–water partition coefficient (Wildman–Crippen LogP) is 0.0699. The first kappa shape index (κ1) is 16.7. The summed E-state index contributed by atoms with van der Waals surface area (Å²) < 4.78 is 0. The molecule has 1 heterocycles. The number of amides is 2. The van der Waals surface area contributed by atoms with Crippen molar-refractivity contribution < 1.29 is 14.7 Å². The van der Waals surface area contributed by atoms with Gasteiger partial charge < -0.3 is 15.7 Å². The Morgan fingerprint density at radius 2 is 2.24 bits per heavy atom. The molecule has 3 N–H and O–H groups in total. The Morgan fingerprint density at radius 3 is 2.90 bits per heavy atom. The zero-order valence-corrected chi connectivity index (χ0v) is 12.1. The van der Waals surface area contributed by atoms with Crippen molar-refractivity contribution in [1.82, 2.24) is 15.6 Å². The number of aliphatic hydroxyl groups excluding tert-OH is 1. The monoisotopic (exact) mass is 289 g/mol. The summed E-state index contributed by atoms with van der Waals surface area (Å²) in [6.45, 7) is 3.84. The molecule has 1 rings (SSSR count). The lowest BCUT2D eigenvalue weighted by atomic mass is 10.1. The lowest BCUT2D eigenvalue weighted by Crippen LogP contribution is -2.45. The number of hydrogen-bond acceptors (Lipinski definition) is 4. The molecular weight excluding hydrogens is 270 g/mol. The number of nitrogens with one attached hydrogen (secondary N) is 2. The lowest BCUT2D eigenvalue weighted by molar-refractivity contribution is -0.122. The number of rotatable bonds is 5. The van der Waals surface area contributed by atoms with E-state index >= 15 is 0 Å². The summed E-state index contributed by atoms with van der Waals surface area (Å²) >= 11 is 0. The predicted molar refractivity (Wildman–Crippen MR) is 78.4 cm³/mol. The van der Waals surface area contributed by atoms with E-state index in [1.807, 2.05) is 6.92 Å². The topological polar surface area (TPSA) is 91.3 Å². The molecule has 0 spiro atoms. The average molecular weight is 289 g/mol. The second kappa shape index (κ2) is 8.72. The Balaban J connectivity index is 2.78. The number of hydrogen-bond donors (Lipinski definition) is 3. The van der Waals surface area contributed by atoms with Gasteiger partial charge in [0.15, 0.2) is 0 Å². The van der Waals surface area contributed by atoms with E-state index in [1.165, 1.54) is 18.5 Å². The summed E-state index contributed by atoms with van der Waals surface area (Å²) in [7, 11) is 0. The summed E-state index contributed by atoms with van der Waals surface area (Å²) in [5, 5.41) is 14.0. The molecule has 1 aromatic heterocycles. The van der Waals surface area contributed by atoms with E-state index in [0.717, 1.165) is 6.42 Å². The standard InChI is InChI=1S/C15H19N3O3/c1-3-7-17-14(20)11(2)18-15(21)13-6-8-16-10-12(13)5-4-9-19/h6,8,10-11,19H,3,7,9H2,1-2H3,(H,17,20)(H,18,21). The van der Waals surface area contributed by atoms with Gasteiger partial charge in [-0.15, -0.1) is 0 Å². The maximum absolute atomic E-state index is 12.2. The fraction of sp³-hybridized carbons (Fsp3) is 0.400. The number of carbonyl (C=O) groups is 2. The third-order valence-corrected chi connectivity index (χ3v) is 2.66. The van der Waals surface area contributed by atoms with Gasteiger partial charge in [-0.3, -0.25) is 14.6 Å². The highest BCUT2D eigenvalue weighted by Crippen LogP contribution is 2.05. The molecule has 1 aromatic rings. The van der Waals surface area contributed by atoms with Crippen LogP contribution in [0.4, 0.5) is 0 Å². The molecule has 1 unspecified atom stereocenters. The van der Waals surface area contributed by atoms with Gasteiger partial charge in [0, 0.05) is 18.9 Å². The highest BCUT2D eigenvalue weighted by Gasteiger charge is 2.17. The second-order valence-corrected chi connectivity index (χ2v) is 4.37. The van der Waals surface area contributed by atoms with E-state index in [4.69, 9.17) is 5.11 Å². The van der Waals surface area contributed by atoms with Crippen LogP contribution in [0.25, 0.3) is 0 Å². The highest BCUT2D eigenvalue weighted by molar-refractivity contribution is 5.99. The van der Waals surface area contributed by atoms with Crippen LogP contribution in [0.5, 0.6) is 0 Å². The summed E-state index contributed by atoms with van der Waals surface area (Å²) in [5.74, 6) is 4.49. The molecule has 0 fully saturated rings. The average Bonchev–Trinajstić information content (AvgIpc) is 2.50. The maximum Gasteiger partial charge on any atom is 0.253 e. The van der Waals surface area contributed by atoms with Crippen molar-refractivity contribution in [3.05, 3.63) is 29.6 Å². The van der Waals surface area contributed by atoms with Crippen molar-refractivity contribution in [3.63, 3.8) is 0 Å². The molecule has 112 valence electrons. The minimum Gasteiger partial charge on any atom is -0.384 e. The molecule has 0 saturated carbocycles. The van der Waals surface area contributed by atoms with Gasteiger partial charge in [-0.1, -0.05) is 18.8 Å². The van der Waals surface area contributed by atoms with Gasteiger partial charge >= 0.3 is 0 Å². The molecule has 21 heavy (non-hydrogen) atoms. The first-order valence-electron chi connectivity index (χ1n) is 6.72. The van der Waals surface area contributed by atoms with Crippen LogP contribution in [0.2, 0.25) is 0 Å². The van der Waals surface area contributed by atoms with Crippen LogP contribution in [0.3, 0.4) is 0 Å². The number of carbonyl (C=O) groups excluding carboxylic acids is 2. The van der Waals surface area contributed by atoms with Crippen LogP contribution < -0.4 is 10.6 Å². The molecule has 1 atom stereocenters. The molecule has 2 amide bonds. The smallest absolute Gasteiger partial charge is 0.253 e. The van der Waals surface area contributed by atoms with Crippen LogP contribution in [0, 0.1) is 11.8 Å². The van der Waals surface area contributed by atoms with E-state index in [-0.39, 0.29) is 12.5 Å². The first-order valence-corrected chi connectivity index (χ1v) is 6.72. The van der Waals surface area contributed by atoms with Gasteiger partial charge in [-0.2, -0.15) is 0 Å². The number of pyridine rings is 1. The number of aromatic nitrogens is 1. The molecular formula is C15H19N3O3. The third kappa shape index (κ3) is 5.24. The van der Waals surface area contributed by atoms with Gasteiger partial charge in [0.2, 0.25) is 5.91 Å². The van der Waals surface area contributed by atoms with Crippen LogP contribution in [-0.2, 0) is 4.79 Å². The molecule has 0 aliphatic heterocycles. The molecule has 0 saturated heterocycles. The van der Waals surface area contributed by atoms with E-state index in [0.29, 0.717) is 17.7 Å². The van der Waals surface area contributed by atoms with Crippen molar-refractivity contribution in [1.29, 1.82) is 0 Å². The second-order valence-electron chi connectivity index (χ2n) is 4.37. The van der Waals surface area contributed by atoms with Gasteiger partial charge in [0.25, 0.3) is 5.91 Å². The van der Waals surface area contributed by atoms with Crippen LogP contribution in [0.1, 0.15) is 36.2 Å². The zero-order chi connectivity index (χ0) is 15.7. The molecule has 0 aliphatic carbocycles. The van der Waals surface area contributed by atoms with E-state index < -0.39 is 11.9 Å². The van der Waals surface area contributed by atoms with Crippen LogP contribution in [0.15, 0.2) is 18.5 Å². The minimum atomic E-state index is -0.643. The van der Waals surface area contributed by atoms with Gasteiger partial charge in [0.1, 0.15) is 12.6 Å². The van der Waals surface area contributed by atoms with E-state index in [9.17, 15) is 9.59 Å². The normalized spacial score (nSPS) is 11.0. The Bertz CT molecular complexity index is 561. The molecule has 0 aromatic carbocycles. The Labute approximate surface area is 124 Å². The van der Waals surface area contributed by atoms with Crippen molar-refractivity contribution in [2.75, 3.05) is 13.2 Å². The number of nitrogens with zero attached hydrogens (tertiary/aromatic N) is 1. The van der Waals surface area contributed by atoms with E-state index in [1.54, 1.807) is 6.92 Å².